The van der Waals surface area contributed by atoms with Crippen LogP contribution in [0.2, 0.25) is 0 Å². The molecule has 64 heavy (non-hydrogen) atoms. The molecule has 1 aliphatic rings. The summed E-state index contributed by atoms with van der Waals surface area (Å²) in [6.45, 7) is 0. The molecule has 13 rings (SSSR count). The van der Waals surface area contributed by atoms with E-state index in [4.69, 9.17) is 19.7 Å². The molecule has 0 radical (unpaired) electrons. The van der Waals surface area contributed by atoms with Gasteiger partial charge in [0.1, 0.15) is 11.5 Å². The second-order valence-corrected chi connectivity index (χ2v) is 20.1. The van der Waals surface area contributed by atoms with Crippen LogP contribution in [0.15, 0.2) is 224 Å². The van der Waals surface area contributed by atoms with Gasteiger partial charge in [0.15, 0.2) is 13.9 Å². The molecule has 0 saturated carbocycles. The number of hydrogen-bond donors (Lipinski definition) is 0. The van der Waals surface area contributed by atoms with Gasteiger partial charge in [0.2, 0.25) is 11.9 Å². The number of aromatic nitrogens is 5. The molecule has 300 valence electrons. The highest BCUT2D eigenvalue weighted by molar-refractivity contribution is 7.20. The van der Waals surface area contributed by atoms with Gasteiger partial charge in [-0.2, -0.15) is 15.0 Å². The molecule has 9 aromatic carbocycles. The van der Waals surface area contributed by atoms with Crippen molar-refractivity contribution in [2.45, 2.75) is 0 Å². The Labute approximate surface area is 370 Å². The Hall–Kier alpha value is -8.39. The van der Waals surface area contributed by atoms with Gasteiger partial charge < -0.3 is 4.74 Å². The average Bonchev–Trinajstić information content (AvgIpc) is 3.89. The first-order valence-corrected chi connectivity index (χ1v) is 23.6. The zero-order valence-corrected chi connectivity index (χ0v) is 35.5. The third-order valence-corrected chi connectivity index (χ3v) is 17.8. The van der Waals surface area contributed by atoms with E-state index in [1.165, 1.54) is 20.7 Å². The van der Waals surface area contributed by atoms with Crippen LogP contribution in [0.5, 0.6) is 11.5 Å². The molecule has 0 saturated heterocycles. The first kappa shape index (κ1) is 36.3. The molecule has 0 unspecified atom stereocenters. The van der Waals surface area contributed by atoms with E-state index in [1.807, 2.05) is 6.07 Å². The molecule has 4 heterocycles. The SMILES string of the molecule is c1ccc(-c2ccc(-c3nc(-n4c5ccccc5c5ccccc54)nc(-n4c5ccccc5c5ccc([Si]6(c7ccccc7)c7ccccc7Oc7ccccc76)cc54)n3)cc2)cc1. The Morgan fingerprint density at radius 2 is 0.766 bits per heavy atom. The topological polar surface area (TPSA) is 57.8 Å². The van der Waals surface area contributed by atoms with Gasteiger partial charge in [-0.3, -0.25) is 9.13 Å². The van der Waals surface area contributed by atoms with E-state index in [1.54, 1.807) is 0 Å². The van der Waals surface area contributed by atoms with Crippen LogP contribution in [-0.4, -0.2) is 32.2 Å². The van der Waals surface area contributed by atoms with Crippen molar-refractivity contribution >= 4 is 72.4 Å². The van der Waals surface area contributed by atoms with Gasteiger partial charge in [0, 0.05) is 27.1 Å². The maximum atomic E-state index is 6.70. The minimum atomic E-state index is -2.97. The highest BCUT2D eigenvalue weighted by Crippen LogP contribution is 2.36. The maximum absolute atomic E-state index is 6.70. The minimum absolute atomic E-state index is 0.542. The summed E-state index contributed by atoms with van der Waals surface area (Å²) in [7, 11) is -2.97. The number of benzene rings is 9. The van der Waals surface area contributed by atoms with E-state index in [0.717, 1.165) is 71.8 Å². The van der Waals surface area contributed by atoms with E-state index in [0.29, 0.717) is 17.7 Å². The van der Waals surface area contributed by atoms with Gasteiger partial charge in [0.05, 0.1) is 22.1 Å². The Morgan fingerprint density at radius 3 is 1.34 bits per heavy atom. The lowest BCUT2D eigenvalue weighted by Crippen LogP contribution is -2.76. The van der Waals surface area contributed by atoms with E-state index < -0.39 is 8.07 Å². The zero-order chi connectivity index (χ0) is 42.2. The zero-order valence-electron chi connectivity index (χ0n) is 34.5. The molecule has 0 bridgehead atoms. The fourth-order valence-electron chi connectivity index (χ4n) is 10.2. The van der Waals surface area contributed by atoms with Crippen LogP contribution >= 0.6 is 0 Å². The lowest BCUT2D eigenvalue weighted by Gasteiger charge is -2.39. The smallest absolute Gasteiger partial charge is 0.240 e. The van der Waals surface area contributed by atoms with E-state index in [-0.39, 0.29) is 0 Å². The summed E-state index contributed by atoms with van der Waals surface area (Å²) in [5, 5.41) is 9.50. The van der Waals surface area contributed by atoms with Crippen molar-refractivity contribution in [3.8, 4) is 45.9 Å². The van der Waals surface area contributed by atoms with Crippen LogP contribution in [0, 0.1) is 0 Å². The predicted octanol–water partition coefficient (Wildman–Crippen LogP) is 10.9. The molecule has 0 spiro atoms. The number of hydrogen-bond acceptors (Lipinski definition) is 4. The van der Waals surface area contributed by atoms with Crippen LogP contribution in [0.25, 0.3) is 78.0 Å². The van der Waals surface area contributed by atoms with Crippen LogP contribution in [0.4, 0.5) is 0 Å². The molecule has 7 heteroatoms. The van der Waals surface area contributed by atoms with Crippen molar-refractivity contribution < 1.29 is 4.74 Å². The van der Waals surface area contributed by atoms with Crippen LogP contribution in [0.3, 0.4) is 0 Å². The number of para-hydroxylation sites is 5. The summed E-state index contributed by atoms with van der Waals surface area (Å²) in [6.07, 6.45) is 0. The van der Waals surface area contributed by atoms with E-state index in [2.05, 4.69) is 228 Å². The number of fused-ring (bicyclic) bond motifs is 8. The number of ether oxygens (including phenoxy) is 1. The Balaban J connectivity index is 1.11. The summed E-state index contributed by atoms with van der Waals surface area (Å²) in [5.41, 5.74) is 7.28. The van der Waals surface area contributed by atoms with Gasteiger partial charge in [-0.05, 0) is 68.3 Å². The first-order valence-electron chi connectivity index (χ1n) is 21.6. The van der Waals surface area contributed by atoms with Gasteiger partial charge in [-0.1, -0.05) is 188 Å². The van der Waals surface area contributed by atoms with E-state index in [9.17, 15) is 0 Å². The summed E-state index contributed by atoms with van der Waals surface area (Å²) in [4.78, 5) is 16.3. The Kier molecular flexibility index (Phi) is 8.13. The molecule has 0 amide bonds. The highest BCUT2D eigenvalue weighted by Gasteiger charge is 2.48. The van der Waals surface area contributed by atoms with Crippen molar-refractivity contribution in [2.75, 3.05) is 0 Å². The lowest BCUT2D eigenvalue weighted by molar-refractivity contribution is 0.487. The minimum Gasteiger partial charge on any atom is -0.458 e. The average molecular weight is 836 g/mol. The molecule has 0 aliphatic carbocycles. The molecular weight excluding hydrogens is 799 g/mol. The molecule has 0 N–H and O–H groups in total. The van der Waals surface area contributed by atoms with Crippen molar-refractivity contribution in [1.29, 1.82) is 0 Å². The Morgan fingerprint density at radius 1 is 0.328 bits per heavy atom. The lowest BCUT2D eigenvalue weighted by atomic mass is 10.0. The molecule has 0 fully saturated rings. The fourth-order valence-corrected chi connectivity index (χ4v) is 15.1. The highest BCUT2D eigenvalue weighted by atomic mass is 28.3. The van der Waals surface area contributed by atoms with Crippen molar-refractivity contribution in [1.82, 2.24) is 24.1 Å². The third kappa shape index (κ3) is 5.41. The summed E-state index contributed by atoms with van der Waals surface area (Å²) < 4.78 is 11.1. The third-order valence-electron chi connectivity index (χ3n) is 13.0. The summed E-state index contributed by atoms with van der Waals surface area (Å²) in [5.74, 6) is 3.47. The van der Waals surface area contributed by atoms with Crippen molar-refractivity contribution in [3.05, 3.63) is 224 Å². The van der Waals surface area contributed by atoms with Gasteiger partial charge in [-0.15, -0.1) is 0 Å². The Bertz CT molecular complexity index is 3670. The maximum Gasteiger partial charge on any atom is 0.240 e. The standard InChI is InChI=1S/C57H37N5OSi/c1-3-17-38(18-4-1)39-31-33-40(34-32-39)55-58-56(61-47-24-10-7-21-43(47)44-22-8-11-25-48(44)61)60-57(59-55)62-49-26-12-9-23-45(49)46-36-35-42(37-50(46)62)64(41-19-5-2-6-20-41)53-29-15-13-27-51(53)63-52-28-14-16-30-54(52)64/h1-37H. The molecular formula is C57H37N5OSi. The van der Waals surface area contributed by atoms with Crippen molar-refractivity contribution in [3.63, 3.8) is 0 Å². The molecule has 1 aliphatic heterocycles. The van der Waals surface area contributed by atoms with Gasteiger partial charge in [-0.25, -0.2) is 0 Å². The molecule has 0 atom stereocenters. The molecule has 6 nitrogen and oxygen atoms in total. The van der Waals surface area contributed by atoms with Crippen LogP contribution < -0.4 is 25.5 Å². The summed E-state index contributed by atoms with van der Waals surface area (Å²) in [6, 6.07) is 79.9. The molecule has 12 aromatic rings. The van der Waals surface area contributed by atoms with Gasteiger partial charge in [0.25, 0.3) is 0 Å². The van der Waals surface area contributed by atoms with Crippen molar-refractivity contribution in [2.24, 2.45) is 0 Å². The normalized spacial score (nSPS) is 12.9. The van der Waals surface area contributed by atoms with Crippen LogP contribution in [0.1, 0.15) is 0 Å². The first-order chi connectivity index (χ1) is 31.7. The second-order valence-electron chi connectivity index (χ2n) is 16.4. The quantitative estimate of drug-likeness (QED) is 0.157. The largest absolute Gasteiger partial charge is 0.458 e. The van der Waals surface area contributed by atoms with Gasteiger partial charge >= 0.3 is 0 Å². The summed E-state index contributed by atoms with van der Waals surface area (Å²) >= 11 is 0. The number of rotatable bonds is 6. The fraction of sp³-hybridized carbons (Fsp3) is 0. The monoisotopic (exact) mass is 835 g/mol. The predicted molar refractivity (Wildman–Crippen MR) is 263 cm³/mol. The van der Waals surface area contributed by atoms with E-state index >= 15 is 0 Å². The second kappa shape index (κ2) is 14.3. The number of nitrogens with zero attached hydrogens (tertiary/aromatic N) is 5. The molecule has 3 aromatic heterocycles. The van der Waals surface area contributed by atoms with Crippen LogP contribution in [-0.2, 0) is 0 Å².